The Morgan fingerprint density at radius 3 is 2.33 bits per heavy atom. The number of hydrogen-bond donors (Lipinski definition) is 2. The van der Waals surface area contributed by atoms with Crippen molar-refractivity contribution in [2.75, 3.05) is 19.0 Å². The van der Waals surface area contributed by atoms with E-state index in [4.69, 9.17) is 0 Å². The number of aryl methyl sites for hydroxylation is 1. The van der Waals surface area contributed by atoms with Crippen molar-refractivity contribution in [3.63, 3.8) is 0 Å². The highest BCUT2D eigenvalue weighted by Crippen LogP contribution is 2.21. The first-order chi connectivity index (χ1) is 11.6. The Kier molecular flexibility index (Phi) is 4.96. The van der Waals surface area contributed by atoms with Crippen molar-refractivity contribution < 1.29 is 0 Å². The summed E-state index contributed by atoms with van der Waals surface area (Å²) >= 11 is 0. The summed E-state index contributed by atoms with van der Waals surface area (Å²) < 4.78 is 0. The standard InChI is InChI=1S/C20H24N4/c1-15-4-8-17(9-5-15)20-18(14-22-23-20)13-21-12-16-6-10-19(11-7-16)24(2)3/h4-11,14,21H,12-13H2,1-3H3,(H,22,23). The van der Waals surface area contributed by atoms with Gasteiger partial charge in [0, 0.05) is 38.4 Å². The predicted molar refractivity (Wildman–Crippen MR) is 100 cm³/mol. The molecule has 3 aromatic rings. The summed E-state index contributed by atoms with van der Waals surface area (Å²) in [6, 6.07) is 17.1. The third-order valence-corrected chi connectivity index (χ3v) is 4.16. The molecule has 2 N–H and O–H groups in total. The van der Waals surface area contributed by atoms with Crippen LogP contribution in [0.1, 0.15) is 16.7 Å². The quantitative estimate of drug-likeness (QED) is 0.727. The number of aromatic amines is 1. The van der Waals surface area contributed by atoms with Gasteiger partial charge in [0.15, 0.2) is 0 Å². The minimum absolute atomic E-state index is 0.787. The first-order valence-corrected chi connectivity index (χ1v) is 8.20. The third kappa shape index (κ3) is 3.84. The average Bonchev–Trinajstić information content (AvgIpc) is 3.04. The van der Waals surface area contributed by atoms with Crippen LogP contribution < -0.4 is 10.2 Å². The molecule has 0 fully saturated rings. The van der Waals surface area contributed by atoms with Crippen LogP contribution in [0.2, 0.25) is 0 Å². The van der Waals surface area contributed by atoms with Gasteiger partial charge in [-0.1, -0.05) is 42.0 Å². The number of hydrogen-bond acceptors (Lipinski definition) is 3. The molecule has 0 aliphatic carbocycles. The minimum atomic E-state index is 0.787. The van der Waals surface area contributed by atoms with Gasteiger partial charge in [-0.2, -0.15) is 5.10 Å². The maximum Gasteiger partial charge on any atom is 0.0695 e. The zero-order chi connectivity index (χ0) is 16.9. The van der Waals surface area contributed by atoms with Crippen LogP contribution in [0.4, 0.5) is 5.69 Å². The van der Waals surface area contributed by atoms with Crippen molar-refractivity contribution in [3.8, 4) is 11.3 Å². The summed E-state index contributed by atoms with van der Waals surface area (Å²) in [6.45, 7) is 3.72. The van der Waals surface area contributed by atoms with Crippen LogP contribution in [0.15, 0.2) is 54.7 Å². The van der Waals surface area contributed by atoms with Gasteiger partial charge in [0.1, 0.15) is 0 Å². The van der Waals surface area contributed by atoms with Crippen LogP contribution in [-0.4, -0.2) is 24.3 Å². The van der Waals surface area contributed by atoms with Crippen LogP contribution >= 0.6 is 0 Å². The summed E-state index contributed by atoms with van der Waals surface area (Å²) in [5.74, 6) is 0. The molecule has 4 nitrogen and oxygen atoms in total. The van der Waals surface area contributed by atoms with E-state index in [1.807, 2.05) is 6.20 Å². The molecule has 24 heavy (non-hydrogen) atoms. The van der Waals surface area contributed by atoms with E-state index in [9.17, 15) is 0 Å². The molecule has 124 valence electrons. The van der Waals surface area contributed by atoms with Crippen LogP contribution in [0.5, 0.6) is 0 Å². The van der Waals surface area contributed by atoms with Crippen LogP contribution in [0.25, 0.3) is 11.3 Å². The fourth-order valence-corrected chi connectivity index (χ4v) is 2.67. The fourth-order valence-electron chi connectivity index (χ4n) is 2.67. The van der Waals surface area contributed by atoms with Crippen molar-refractivity contribution >= 4 is 5.69 Å². The smallest absolute Gasteiger partial charge is 0.0695 e. The van der Waals surface area contributed by atoms with E-state index in [1.165, 1.54) is 27.9 Å². The SMILES string of the molecule is Cc1ccc(-c2[nH]ncc2CNCc2ccc(N(C)C)cc2)cc1. The van der Waals surface area contributed by atoms with Gasteiger partial charge in [-0.05, 0) is 30.2 Å². The number of anilines is 1. The molecule has 0 unspecified atom stereocenters. The minimum Gasteiger partial charge on any atom is -0.378 e. The average molecular weight is 320 g/mol. The molecule has 0 aliphatic rings. The lowest BCUT2D eigenvalue weighted by atomic mass is 10.1. The highest BCUT2D eigenvalue weighted by atomic mass is 15.1. The molecule has 1 heterocycles. The Hall–Kier alpha value is -2.59. The number of benzene rings is 2. The molecule has 0 saturated heterocycles. The topological polar surface area (TPSA) is 44.0 Å². The van der Waals surface area contributed by atoms with Crippen molar-refractivity contribution in [3.05, 3.63) is 71.4 Å². The highest BCUT2D eigenvalue weighted by molar-refractivity contribution is 5.62. The summed E-state index contributed by atoms with van der Waals surface area (Å²) in [6.07, 6.45) is 1.90. The van der Waals surface area contributed by atoms with Gasteiger partial charge in [-0.25, -0.2) is 0 Å². The van der Waals surface area contributed by atoms with Crippen molar-refractivity contribution in [1.29, 1.82) is 0 Å². The lowest BCUT2D eigenvalue weighted by molar-refractivity contribution is 0.694. The Morgan fingerprint density at radius 2 is 1.67 bits per heavy atom. The predicted octanol–water partition coefficient (Wildman–Crippen LogP) is 3.74. The second-order valence-electron chi connectivity index (χ2n) is 6.30. The fraction of sp³-hybridized carbons (Fsp3) is 0.250. The summed E-state index contributed by atoms with van der Waals surface area (Å²) in [5, 5.41) is 10.8. The molecule has 3 rings (SSSR count). The molecule has 0 atom stereocenters. The van der Waals surface area contributed by atoms with Crippen molar-refractivity contribution in [1.82, 2.24) is 15.5 Å². The largest absolute Gasteiger partial charge is 0.378 e. The normalized spacial score (nSPS) is 10.8. The maximum absolute atomic E-state index is 4.21. The molecule has 2 aromatic carbocycles. The van der Waals surface area contributed by atoms with Gasteiger partial charge >= 0.3 is 0 Å². The lowest BCUT2D eigenvalue weighted by Crippen LogP contribution is -2.13. The number of nitrogens with one attached hydrogen (secondary N) is 2. The zero-order valence-electron chi connectivity index (χ0n) is 14.5. The Labute approximate surface area is 143 Å². The van der Waals surface area contributed by atoms with E-state index >= 15 is 0 Å². The molecule has 0 spiro atoms. The first kappa shape index (κ1) is 16.3. The van der Waals surface area contributed by atoms with Crippen LogP contribution in [0.3, 0.4) is 0 Å². The van der Waals surface area contributed by atoms with Crippen LogP contribution in [0, 0.1) is 6.92 Å². The molecule has 0 amide bonds. The second kappa shape index (κ2) is 7.32. The van der Waals surface area contributed by atoms with Crippen LogP contribution in [-0.2, 0) is 13.1 Å². The summed E-state index contributed by atoms with van der Waals surface area (Å²) in [5.41, 5.74) is 7.20. The third-order valence-electron chi connectivity index (χ3n) is 4.16. The van der Waals surface area contributed by atoms with E-state index in [0.29, 0.717) is 0 Å². The first-order valence-electron chi connectivity index (χ1n) is 8.20. The zero-order valence-corrected chi connectivity index (χ0v) is 14.5. The molecular weight excluding hydrogens is 296 g/mol. The van der Waals surface area contributed by atoms with E-state index in [1.54, 1.807) is 0 Å². The van der Waals surface area contributed by atoms with Gasteiger partial charge in [0.25, 0.3) is 0 Å². The molecule has 4 heteroatoms. The van der Waals surface area contributed by atoms with Gasteiger partial charge < -0.3 is 10.2 Å². The number of aromatic nitrogens is 2. The molecule has 0 bridgehead atoms. The number of rotatable bonds is 6. The molecule has 0 saturated carbocycles. The Balaban J connectivity index is 1.61. The molecule has 0 aliphatic heterocycles. The molecular formula is C20H24N4. The summed E-state index contributed by atoms with van der Waals surface area (Å²) in [7, 11) is 4.11. The maximum atomic E-state index is 4.21. The van der Waals surface area contributed by atoms with E-state index < -0.39 is 0 Å². The van der Waals surface area contributed by atoms with E-state index in [0.717, 1.165) is 18.8 Å². The Morgan fingerprint density at radius 1 is 0.958 bits per heavy atom. The van der Waals surface area contributed by atoms with E-state index in [2.05, 4.69) is 90.0 Å². The van der Waals surface area contributed by atoms with Gasteiger partial charge in [0.2, 0.25) is 0 Å². The number of nitrogens with zero attached hydrogens (tertiary/aromatic N) is 2. The van der Waals surface area contributed by atoms with Gasteiger partial charge in [-0.3, -0.25) is 5.10 Å². The van der Waals surface area contributed by atoms with E-state index in [-0.39, 0.29) is 0 Å². The van der Waals surface area contributed by atoms with Gasteiger partial charge in [-0.15, -0.1) is 0 Å². The van der Waals surface area contributed by atoms with Gasteiger partial charge in [0.05, 0.1) is 11.9 Å². The molecule has 1 aromatic heterocycles. The Bertz CT molecular complexity index is 770. The lowest BCUT2D eigenvalue weighted by Gasteiger charge is -2.13. The monoisotopic (exact) mass is 320 g/mol. The van der Waals surface area contributed by atoms with Crippen molar-refractivity contribution in [2.24, 2.45) is 0 Å². The second-order valence-corrected chi connectivity index (χ2v) is 6.30. The molecule has 0 radical (unpaired) electrons. The number of H-pyrrole nitrogens is 1. The summed E-state index contributed by atoms with van der Waals surface area (Å²) in [4.78, 5) is 2.11. The highest BCUT2D eigenvalue weighted by Gasteiger charge is 2.07. The van der Waals surface area contributed by atoms with Crippen molar-refractivity contribution in [2.45, 2.75) is 20.0 Å².